The molecule has 4 nitrogen and oxygen atoms in total. The van der Waals surface area contributed by atoms with Gasteiger partial charge in [-0.3, -0.25) is 0 Å². The Morgan fingerprint density at radius 3 is 1.71 bits per heavy atom. The summed E-state index contributed by atoms with van der Waals surface area (Å²) in [6, 6.07) is 5.90. The fourth-order valence-corrected chi connectivity index (χ4v) is 1.85. The SMILES string of the molecule is C=C(C)c1c(OCCN(C)C)cccc1OCCN(C)C. The molecule has 21 heavy (non-hydrogen) atoms. The summed E-state index contributed by atoms with van der Waals surface area (Å²) in [5, 5.41) is 0. The first kappa shape index (κ1) is 17.5. The van der Waals surface area contributed by atoms with E-state index in [4.69, 9.17) is 9.47 Å². The van der Waals surface area contributed by atoms with Gasteiger partial charge in [-0.1, -0.05) is 12.6 Å². The lowest BCUT2D eigenvalue weighted by Gasteiger charge is -2.18. The molecule has 1 aromatic rings. The van der Waals surface area contributed by atoms with Gasteiger partial charge in [0.05, 0.1) is 5.56 Å². The van der Waals surface area contributed by atoms with Crippen LogP contribution in [0.5, 0.6) is 11.5 Å². The highest BCUT2D eigenvalue weighted by Crippen LogP contribution is 2.34. The lowest BCUT2D eigenvalue weighted by atomic mass is 10.1. The van der Waals surface area contributed by atoms with E-state index in [1.54, 1.807) is 0 Å². The molecule has 1 aromatic carbocycles. The maximum absolute atomic E-state index is 5.88. The summed E-state index contributed by atoms with van der Waals surface area (Å²) in [6.45, 7) is 9.08. The molecule has 0 amide bonds. The molecule has 0 aliphatic heterocycles. The van der Waals surface area contributed by atoms with Crippen molar-refractivity contribution >= 4 is 5.57 Å². The molecule has 4 heteroatoms. The molecule has 0 fully saturated rings. The molecule has 1 rings (SSSR count). The minimum atomic E-state index is 0.647. The van der Waals surface area contributed by atoms with Gasteiger partial charge >= 0.3 is 0 Å². The van der Waals surface area contributed by atoms with Crippen molar-refractivity contribution in [3.05, 3.63) is 30.3 Å². The highest BCUT2D eigenvalue weighted by Gasteiger charge is 2.12. The molecular weight excluding hydrogens is 264 g/mol. The van der Waals surface area contributed by atoms with Crippen LogP contribution < -0.4 is 9.47 Å². The van der Waals surface area contributed by atoms with Crippen molar-refractivity contribution in [1.82, 2.24) is 9.80 Å². The summed E-state index contributed by atoms with van der Waals surface area (Å²) in [4.78, 5) is 4.19. The van der Waals surface area contributed by atoms with Gasteiger partial charge in [-0.15, -0.1) is 0 Å². The lowest BCUT2D eigenvalue weighted by molar-refractivity contribution is 0.250. The first-order valence-corrected chi connectivity index (χ1v) is 7.25. The van der Waals surface area contributed by atoms with E-state index >= 15 is 0 Å². The molecule has 0 aromatic heterocycles. The molecule has 0 saturated carbocycles. The molecule has 0 saturated heterocycles. The summed E-state index contributed by atoms with van der Waals surface area (Å²) in [6.07, 6.45) is 0. The average molecular weight is 292 g/mol. The molecule has 0 heterocycles. The van der Waals surface area contributed by atoms with Crippen LogP contribution in [0.1, 0.15) is 12.5 Å². The fraction of sp³-hybridized carbons (Fsp3) is 0.529. The number of hydrogen-bond donors (Lipinski definition) is 0. The molecule has 0 atom stereocenters. The van der Waals surface area contributed by atoms with E-state index in [1.807, 2.05) is 53.3 Å². The summed E-state index contributed by atoms with van der Waals surface area (Å²) in [5.74, 6) is 1.68. The van der Waals surface area contributed by atoms with Gasteiger partial charge in [-0.05, 0) is 52.8 Å². The van der Waals surface area contributed by atoms with Gasteiger partial charge in [-0.25, -0.2) is 0 Å². The third-order valence-corrected chi connectivity index (χ3v) is 3.01. The van der Waals surface area contributed by atoms with Crippen LogP contribution in [-0.2, 0) is 0 Å². The van der Waals surface area contributed by atoms with Crippen LogP contribution in [0.2, 0.25) is 0 Å². The topological polar surface area (TPSA) is 24.9 Å². The number of ether oxygens (including phenoxy) is 2. The van der Waals surface area contributed by atoms with Crippen molar-refractivity contribution in [3.8, 4) is 11.5 Å². The largest absolute Gasteiger partial charge is 0.491 e. The predicted molar refractivity (Wildman–Crippen MR) is 89.2 cm³/mol. The molecule has 0 unspecified atom stereocenters. The number of benzene rings is 1. The first-order valence-electron chi connectivity index (χ1n) is 7.25. The second kappa shape index (κ2) is 8.70. The molecule has 0 N–H and O–H groups in total. The number of allylic oxidation sites excluding steroid dienone is 1. The Balaban J connectivity index is 2.80. The lowest BCUT2D eigenvalue weighted by Crippen LogP contribution is -2.20. The zero-order valence-corrected chi connectivity index (χ0v) is 14.0. The van der Waals surface area contributed by atoms with Crippen molar-refractivity contribution in [2.45, 2.75) is 6.92 Å². The van der Waals surface area contributed by atoms with Crippen LogP contribution in [-0.4, -0.2) is 64.3 Å². The molecule has 118 valence electrons. The van der Waals surface area contributed by atoms with Crippen LogP contribution in [0.25, 0.3) is 5.57 Å². The molecule has 0 aliphatic rings. The minimum Gasteiger partial charge on any atom is -0.491 e. The number of rotatable bonds is 9. The number of likely N-dealkylation sites (N-methyl/N-ethyl adjacent to an activating group) is 2. The predicted octanol–water partition coefficient (Wildman–Crippen LogP) is 2.60. The van der Waals surface area contributed by atoms with Gasteiger partial charge in [-0.2, -0.15) is 0 Å². The molecule has 0 aliphatic carbocycles. The zero-order chi connectivity index (χ0) is 15.8. The Bertz CT molecular complexity index is 424. The van der Waals surface area contributed by atoms with Crippen LogP contribution in [0.3, 0.4) is 0 Å². The summed E-state index contributed by atoms with van der Waals surface area (Å²) < 4.78 is 11.8. The third kappa shape index (κ3) is 6.19. The van der Waals surface area contributed by atoms with Gasteiger partial charge in [0.2, 0.25) is 0 Å². The van der Waals surface area contributed by atoms with Gasteiger partial charge in [0, 0.05) is 13.1 Å². The highest BCUT2D eigenvalue weighted by atomic mass is 16.5. The molecular formula is C17H28N2O2. The number of hydrogen-bond acceptors (Lipinski definition) is 4. The second-order valence-electron chi connectivity index (χ2n) is 5.71. The van der Waals surface area contributed by atoms with E-state index in [9.17, 15) is 0 Å². The summed E-state index contributed by atoms with van der Waals surface area (Å²) in [5.41, 5.74) is 1.92. The van der Waals surface area contributed by atoms with E-state index in [0.29, 0.717) is 13.2 Å². The maximum Gasteiger partial charge on any atom is 0.130 e. The normalized spacial score (nSPS) is 11.0. The fourth-order valence-electron chi connectivity index (χ4n) is 1.85. The smallest absolute Gasteiger partial charge is 0.130 e. The van der Waals surface area contributed by atoms with Crippen molar-refractivity contribution in [2.24, 2.45) is 0 Å². The van der Waals surface area contributed by atoms with E-state index in [2.05, 4.69) is 16.4 Å². The molecule has 0 spiro atoms. The molecule has 0 bridgehead atoms. The minimum absolute atomic E-state index is 0.647. The Labute approximate surface area is 129 Å². The second-order valence-corrected chi connectivity index (χ2v) is 5.71. The van der Waals surface area contributed by atoms with E-state index in [1.165, 1.54) is 0 Å². The van der Waals surface area contributed by atoms with Crippen LogP contribution in [0.4, 0.5) is 0 Å². The van der Waals surface area contributed by atoms with Crippen molar-refractivity contribution in [3.63, 3.8) is 0 Å². The Morgan fingerprint density at radius 2 is 1.38 bits per heavy atom. The Hall–Kier alpha value is -1.52. The maximum atomic E-state index is 5.88. The van der Waals surface area contributed by atoms with Crippen LogP contribution in [0, 0.1) is 0 Å². The quantitative estimate of drug-likeness (QED) is 0.698. The zero-order valence-electron chi connectivity index (χ0n) is 14.0. The molecule has 0 radical (unpaired) electrons. The van der Waals surface area contributed by atoms with Gasteiger partial charge in [0.15, 0.2) is 0 Å². The summed E-state index contributed by atoms with van der Waals surface area (Å²) in [7, 11) is 8.13. The van der Waals surface area contributed by atoms with Crippen molar-refractivity contribution in [1.29, 1.82) is 0 Å². The van der Waals surface area contributed by atoms with Gasteiger partial charge in [0.1, 0.15) is 24.7 Å². The van der Waals surface area contributed by atoms with Crippen LogP contribution in [0.15, 0.2) is 24.8 Å². The summed E-state index contributed by atoms with van der Waals surface area (Å²) >= 11 is 0. The number of nitrogens with zero attached hydrogens (tertiary/aromatic N) is 2. The van der Waals surface area contributed by atoms with E-state index in [-0.39, 0.29) is 0 Å². The van der Waals surface area contributed by atoms with E-state index < -0.39 is 0 Å². The third-order valence-electron chi connectivity index (χ3n) is 3.01. The average Bonchev–Trinajstić information content (AvgIpc) is 2.37. The van der Waals surface area contributed by atoms with E-state index in [0.717, 1.165) is 35.7 Å². The monoisotopic (exact) mass is 292 g/mol. The van der Waals surface area contributed by atoms with Crippen LogP contribution >= 0.6 is 0 Å². The highest BCUT2D eigenvalue weighted by molar-refractivity contribution is 5.72. The standard InChI is InChI=1S/C17H28N2O2/c1-14(2)17-15(20-12-10-18(3)4)8-7-9-16(17)21-13-11-19(5)6/h7-9H,1,10-13H2,2-6H3. The van der Waals surface area contributed by atoms with Crippen molar-refractivity contribution < 1.29 is 9.47 Å². The van der Waals surface area contributed by atoms with Crippen molar-refractivity contribution in [2.75, 3.05) is 54.5 Å². The first-order chi connectivity index (χ1) is 9.91. The Kier molecular flexibility index (Phi) is 7.26. The van der Waals surface area contributed by atoms with Gasteiger partial charge in [0.25, 0.3) is 0 Å². The Morgan fingerprint density at radius 1 is 0.952 bits per heavy atom. The van der Waals surface area contributed by atoms with Gasteiger partial charge < -0.3 is 19.3 Å².